The van der Waals surface area contributed by atoms with E-state index in [1.807, 2.05) is 11.3 Å². The third-order valence-electron chi connectivity index (χ3n) is 11.9. The van der Waals surface area contributed by atoms with Crippen molar-refractivity contribution in [1.82, 2.24) is 0 Å². The second-order valence-corrected chi connectivity index (χ2v) is 16.3. The molecule has 0 radical (unpaired) electrons. The molecule has 12 rings (SSSR count). The summed E-state index contributed by atoms with van der Waals surface area (Å²) in [5.74, 6) is 0. The maximum Gasteiger partial charge on any atom is 0.145 e. The van der Waals surface area contributed by atoms with Crippen LogP contribution in [0.2, 0.25) is 0 Å². The first kappa shape index (κ1) is 33.7. The van der Waals surface area contributed by atoms with Gasteiger partial charge in [0.25, 0.3) is 0 Å². The Morgan fingerprint density at radius 2 is 1.00 bits per heavy atom. The molecular formula is C56H35NOS. The van der Waals surface area contributed by atoms with Crippen LogP contribution in [0.25, 0.3) is 97.0 Å². The zero-order valence-corrected chi connectivity index (χ0v) is 32.8. The molecule has 0 bridgehead atoms. The molecule has 3 heteroatoms. The largest absolute Gasteiger partial charge is 0.455 e. The lowest BCUT2D eigenvalue weighted by atomic mass is 9.97. The van der Waals surface area contributed by atoms with Gasteiger partial charge in [0.1, 0.15) is 11.2 Å². The fourth-order valence-corrected chi connectivity index (χ4v) is 10.2. The summed E-state index contributed by atoms with van der Waals surface area (Å²) in [6, 6.07) is 76.8. The van der Waals surface area contributed by atoms with Crippen molar-refractivity contribution in [3.8, 4) is 33.4 Å². The molecule has 10 aromatic carbocycles. The number of thiophene rings is 1. The van der Waals surface area contributed by atoms with Crippen LogP contribution in [0.1, 0.15) is 0 Å². The molecule has 2 aromatic heterocycles. The van der Waals surface area contributed by atoms with E-state index >= 15 is 0 Å². The fourth-order valence-electron chi connectivity index (χ4n) is 9.02. The highest BCUT2D eigenvalue weighted by atomic mass is 32.1. The summed E-state index contributed by atoms with van der Waals surface area (Å²) in [5, 5.41) is 9.77. The number of hydrogen-bond donors (Lipinski definition) is 0. The first-order valence-electron chi connectivity index (χ1n) is 20.1. The molecule has 276 valence electrons. The minimum absolute atomic E-state index is 0.866. The number of fused-ring (bicyclic) bond motifs is 9. The Bertz CT molecular complexity index is 3550. The summed E-state index contributed by atoms with van der Waals surface area (Å²) in [4.78, 5) is 2.45. The van der Waals surface area contributed by atoms with Crippen LogP contribution in [-0.4, -0.2) is 0 Å². The number of benzene rings is 10. The van der Waals surface area contributed by atoms with E-state index in [0.29, 0.717) is 0 Å². The van der Waals surface area contributed by atoms with E-state index in [1.165, 1.54) is 52.8 Å². The van der Waals surface area contributed by atoms with Crippen LogP contribution >= 0.6 is 11.3 Å². The molecule has 59 heavy (non-hydrogen) atoms. The summed E-state index contributed by atoms with van der Waals surface area (Å²) in [7, 11) is 0. The Labute approximate surface area is 345 Å². The molecule has 0 unspecified atom stereocenters. The summed E-state index contributed by atoms with van der Waals surface area (Å²) in [6.45, 7) is 0. The Kier molecular flexibility index (Phi) is 7.75. The molecule has 0 saturated heterocycles. The highest BCUT2D eigenvalue weighted by Gasteiger charge is 2.24. The second-order valence-electron chi connectivity index (χ2n) is 15.2. The summed E-state index contributed by atoms with van der Waals surface area (Å²) < 4.78 is 9.54. The van der Waals surface area contributed by atoms with Crippen molar-refractivity contribution in [1.29, 1.82) is 0 Å². The van der Waals surface area contributed by atoms with Gasteiger partial charge in [-0.25, -0.2) is 0 Å². The molecule has 0 N–H and O–H groups in total. The minimum Gasteiger partial charge on any atom is -0.455 e. The summed E-state index contributed by atoms with van der Waals surface area (Å²) in [5.41, 5.74) is 11.9. The molecule has 0 saturated carbocycles. The molecule has 12 aromatic rings. The van der Waals surface area contributed by atoms with Crippen LogP contribution in [0, 0.1) is 0 Å². The topological polar surface area (TPSA) is 16.4 Å². The number of nitrogens with zero attached hydrogens (tertiary/aromatic N) is 1. The van der Waals surface area contributed by atoms with Crippen molar-refractivity contribution < 1.29 is 4.42 Å². The Morgan fingerprint density at radius 3 is 1.83 bits per heavy atom. The van der Waals surface area contributed by atoms with Gasteiger partial charge in [-0.05, 0) is 104 Å². The van der Waals surface area contributed by atoms with E-state index in [9.17, 15) is 0 Å². The third-order valence-corrected chi connectivity index (χ3v) is 13.1. The zero-order valence-electron chi connectivity index (χ0n) is 32.0. The van der Waals surface area contributed by atoms with Crippen LogP contribution in [0.5, 0.6) is 0 Å². The first-order chi connectivity index (χ1) is 29.2. The summed E-state index contributed by atoms with van der Waals surface area (Å²) in [6.07, 6.45) is 0. The molecule has 0 amide bonds. The number of hydrogen-bond acceptors (Lipinski definition) is 3. The maximum atomic E-state index is 7.01. The highest BCUT2D eigenvalue weighted by molar-refractivity contribution is 7.26. The average molecular weight is 770 g/mol. The van der Waals surface area contributed by atoms with Gasteiger partial charge in [0.2, 0.25) is 0 Å². The minimum atomic E-state index is 0.866. The lowest BCUT2D eigenvalue weighted by Gasteiger charge is -2.27. The van der Waals surface area contributed by atoms with Gasteiger partial charge in [0.05, 0.1) is 21.5 Å². The van der Waals surface area contributed by atoms with Crippen LogP contribution < -0.4 is 4.90 Å². The average Bonchev–Trinajstić information content (AvgIpc) is 3.89. The SMILES string of the molecule is c1ccc(-c2ccc3c(c2)oc2c(-c4ccccc4)ccc(N(c4ccc(-c5ccc6c(ccc7ccccc76)c5)cc4)c4cccc5c4sc4ccccc45)c23)cc1. The van der Waals surface area contributed by atoms with Crippen LogP contribution in [0.3, 0.4) is 0 Å². The van der Waals surface area contributed by atoms with E-state index in [-0.39, 0.29) is 0 Å². The van der Waals surface area contributed by atoms with Gasteiger partial charge in [-0.3, -0.25) is 0 Å². The van der Waals surface area contributed by atoms with Gasteiger partial charge in [0.15, 0.2) is 0 Å². The molecular weight excluding hydrogens is 735 g/mol. The van der Waals surface area contributed by atoms with E-state index in [4.69, 9.17) is 4.42 Å². The number of anilines is 3. The van der Waals surface area contributed by atoms with Crippen molar-refractivity contribution in [2.45, 2.75) is 0 Å². The highest BCUT2D eigenvalue weighted by Crippen LogP contribution is 2.50. The van der Waals surface area contributed by atoms with E-state index in [0.717, 1.165) is 61.3 Å². The van der Waals surface area contributed by atoms with Crippen molar-refractivity contribution in [2.75, 3.05) is 4.90 Å². The smallest absolute Gasteiger partial charge is 0.145 e. The van der Waals surface area contributed by atoms with Crippen LogP contribution in [-0.2, 0) is 0 Å². The van der Waals surface area contributed by atoms with Gasteiger partial charge < -0.3 is 9.32 Å². The van der Waals surface area contributed by atoms with Gasteiger partial charge in [-0.1, -0.05) is 158 Å². The number of rotatable bonds is 6. The fraction of sp³-hybridized carbons (Fsp3) is 0. The molecule has 0 spiro atoms. The van der Waals surface area contributed by atoms with E-state index < -0.39 is 0 Å². The predicted molar refractivity (Wildman–Crippen MR) is 253 cm³/mol. The number of furan rings is 1. The van der Waals surface area contributed by atoms with Crippen LogP contribution in [0.4, 0.5) is 17.1 Å². The molecule has 2 heterocycles. The van der Waals surface area contributed by atoms with Crippen LogP contribution in [0.15, 0.2) is 217 Å². The summed E-state index contributed by atoms with van der Waals surface area (Å²) >= 11 is 1.85. The lowest BCUT2D eigenvalue weighted by Crippen LogP contribution is -2.10. The first-order valence-corrected chi connectivity index (χ1v) is 20.9. The Balaban J connectivity index is 1.09. The molecule has 0 aliphatic carbocycles. The van der Waals surface area contributed by atoms with Crippen molar-refractivity contribution in [3.05, 3.63) is 212 Å². The zero-order chi connectivity index (χ0) is 38.9. The molecule has 0 fully saturated rings. The molecule has 0 atom stereocenters. The van der Waals surface area contributed by atoms with Gasteiger partial charge >= 0.3 is 0 Å². The molecule has 0 aliphatic rings. The Hall–Kier alpha value is -7.46. The normalized spacial score (nSPS) is 11.7. The molecule has 0 aliphatic heterocycles. The van der Waals surface area contributed by atoms with Crippen molar-refractivity contribution in [2.24, 2.45) is 0 Å². The van der Waals surface area contributed by atoms with Gasteiger partial charge in [-0.15, -0.1) is 11.3 Å². The second kappa shape index (κ2) is 13.6. The Morgan fingerprint density at radius 1 is 0.373 bits per heavy atom. The quantitative estimate of drug-likeness (QED) is 0.157. The van der Waals surface area contributed by atoms with Gasteiger partial charge in [-0.2, -0.15) is 0 Å². The van der Waals surface area contributed by atoms with E-state index in [1.54, 1.807) is 0 Å². The monoisotopic (exact) mass is 769 g/mol. The standard InChI is InChI=1S/C56H35NOS/c1-3-12-36(13-4-1)41-27-31-49-52(35-41)58-55-46(38-14-5-2-6-15-38)32-33-50(54(49)55)57(51-20-11-19-48-47-18-9-10-21-53(47)59-56(48)51)43-28-24-37(25-29-43)40-26-30-45-42(34-40)23-22-39-16-7-8-17-44(39)45/h1-35H. The van der Waals surface area contributed by atoms with Gasteiger partial charge in [0, 0.05) is 32.1 Å². The molecule has 2 nitrogen and oxygen atoms in total. The predicted octanol–water partition coefficient (Wildman–Crippen LogP) is 16.7. The lowest BCUT2D eigenvalue weighted by molar-refractivity contribution is 0.670. The third kappa shape index (κ3) is 5.55. The maximum absolute atomic E-state index is 7.01. The van der Waals surface area contributed by atoms with E-state index in [2.05, 4.69) is 217 Å². The van der Waals surface area contributed by atoms with Crippen molar-refractivity contribution >= 4 is 92.1 Å². The van der Waals surface area contributed by atoms with Crippen molar-refractivity contribution in [3.63, 3.8) is 0 Å².